The molecule has 1 atom stereocenters. The molecule has 0 saturated carbocycles. The number of hydrogen-bond donors (Lipinski definition) is 2. The van der Waals surface area contributed by atoms with E-state index in [4.69, 9.17) is 4.74 Å². The molecule has 1 aromatic heterocycles. The predicted molar refractivity (Wildman–Crippen MR) is 182 cm³/mol. The number of nitrogens with zero attached hydrogens (tertiary/aromatic N) is 1. The van der Waals surface area contributed by atoms with Crippen LogP contribution in [0.4, 0.5) is 5.69 Å². The van der Waals surface area contributed by atoms with E-state index in [2.05, 4.69) is 5.32 Å². The first-order valence-electron chi connectivity index (χ1n) is 15.2. The van der Waals surface area contributed by atoms with Gasteiger partial charge in [-0.1, -0.05) is 84.9 Å². The van der Waals surface area contributed by atoms with Crippen molar-refractivity contribution in [3.05, 3.63) is 154 Å². The van der Waals surface area contributed by atoms with Gasteiger partial charge in [-0.25, -0.2) is 4.79 Å². The molecule has 7 nitrogen and oxygen atoms in total. The van der Waals surface area contributed by atoms with Crippen molar-refractivity contribution >= 4 is 34.7 Å². The van der Waals surface area contributed by atoms with E-state index in [1.807, 2.05) is 82.4 Å². The second kappa shape index (κ2) is 16.2. The Kier molecular flexibility index (Phi) is 11.3. The van der Waals surface area contributed by atoms with Crippen LogP contribution >= 0.6 is 11.3 Å². The first kappa shape index (κ1) is 32.2. The number of thiophene rings is 1. The zero-order valence-corrected chi connectivity index (χ0v) is 26.2. The maximum Gasteiger partial charge on any atom is 0.326 e. The van der Waals surface area contributed by atoms with Crippen molar-refractivity contribution in [2.75, 3.05) is 18.5 Å². The third-order valence-electron chi connectivity index (χ3n) is 7.54. The number of benzene rings is 4. The maximum absolute atomic E-state index is 13.1. The minimum atomic E-state index is -1.02. The number of carboxylic acid groups (broad SMARTS) is 1. The molecule has 5 rings (SSSR count). The van der Waals surface area contributed by atoms with Crippen LogP contribution in [-0.4, -0.2) is 46.9 Å². The molecule has 0 aliphatic carbocycles. The van der Waals surface area contributed by atoms with Gasteiger partial charge < -0.3 is 20.1 Å². The van der Waals surface area contributed by atoms with Crippen molar-refractivity contribution < 1.29 is 24.2 Å². The Bertz CT molecular complexity index is 1710. The Morgan fingerprint density at radius 2 is 1.48 bits per heavy atom. The molecule has 46 heavy (non-hydrogen) atoms. The molecule has 0 radical (unpaired) electrons. The van der Waals surface area contributed by atoms with Gasteiger partial charge in [0.25, 0.3) is 0 Å². The van der Waals surface area contributed by atoms with Crippen LogP contribution in [0.5, 0.6) is 5.75 Å². The zero-order chi connectivity index (χ0) is 32.1. The number of carbonyl (C=O) groups excluding carboxylic acids is 2. The molecular formula is C38H36N2O5S. The lowest BCUT2D eigenvalue weighted by Crippen LogP contribution is -2.33. The van der Waals surface area contributed by atoms with Crippen LogP contribution < -0.4 is 10.1 Å². The van der Waals surface area contributed by atoms with E-state index in [0.717, 1.165) is 16.7 Å². The molecule has 0 aliphatic rings. The molecule has 0 fully saturated rings. The zero-order valence-electron chi connectivity index (χ0n) is 25.4. The van der Waals surface area contributed by atoms with Gasteiger partial charge in [0.05, 0.1) is 13.0 Å². The third kappa shape index (κ3) is 9.15. The Labute approximate surface area is 273 Å². The van der Waals surface area contributed by atoms with E-state index in [1.54, 1.807) is 59.9 Å². The van der Waals surface area contributed by atoms with Gasteiger partial charge in [-0.15, -0.1) is 0 Å². The summed E-state index contributed by atoms with van der Waals surface area (Å²) >= 11 is 1.59. The van der Waals surface area contributed by atoms with Gasteiger partial charge in [0.2, 0.25) is 5.91 Å². The van der Waals surface area contributed by atoms with Crippen molar-refractivity contribution in [2.24, 2.45) is 0 Å². The topological polar surface area (TPSA) is 95.9 Å². The molecule has 234 valence electrons. The lowest BCUT2D eigenvalue weighted by Gasteiger charge is -2.23. The molecule has 0 bridgehead atoms. The van der Waals surface area contributed by atoms with Crippen LogP contribution in [0.3, 0.4) is 0 Å². The molecule has 2 N–H and O–H groups in total. The third-order valence-corrected chi connectivity index (χ3v) is 8.28. The van der Waals surface area contributed by atoms with Crippen LogP contribution in [0.25, 0.3) is 0 Å². The summed E-state index contributed by atoms with van der Waals surface area (Å²) in [6.07, 6.45) is 1.25. The van der Waals surface area contributed by atoms with Gasteiger partial charge in [0, 0.05) is 36.3 Å². The first-order chi connectivity index (χ1) is 22.5. The van der Waals surface area contributed by atoms with Crippen molar-refractivity contribution in [1.82, 2.24) is 4.90 Å². The quantitative estimate of drug-likeness (QED) is 0.0888. The molecule has 8 heteroatoms. The molecule has 1 unspecified atom stereocenters. The highest BCUT2D eigenvalue weighted by atomic mass is 32.1. The van der Waals surface area contributed by atoms with Gasteiger partial charge in [0.1, 0.15) is 11.8 Å². The molecule has 0 spiro atoms. The lowest BCUT2D eigenvalue weighted by molar-refractivity contribution is -0.138. The summed E-state index contributed by atoms with van der Waals surface area (Å²) < 4.78 is 5.97. The van der Waals surface area contributed by atoms with Crippen LogP contribution in [-0.2, 0) is 29.0 Å². The molecule has 0 saturated heterocycles. The highest BCUT2D eigenvalue weighted by Crippen LogP contribution is 2.22. The number of hydrogen-bond acceptors (Lipinski definition) is 6. The van der Waals surface area contributed by atoms with Gasteiger partial charge in [-0.2, -0.15) is 11.3 Å². The fourth-order valence-electron chi connectivity index (χ4n) is 5.12. The summed E-state index contributed by atoms with van der Waals surface area (Å²) in [5, 5.41) is 17.0. The van der Waals surface area contributed by atoms with Gasteiger partial charge in [0.15, 0.2) is 5.78 Å². The van der Waals surface area contributed by atoms with Crippen molar-refractivity contribution in [3.63, 3.8) is 0 Å². The minimum absolute atomic E-state index is 0.0836. The summed E-state index contributed by atoms with van der Waals surface area (Å²) in [6.45, 7) is 1.54. The van der Waals surface area contributed by atoms with Gasteiger partial charge in [-0.05, 0) is 64.2 Å². The van der Waals surface area contributed by atoms with E-state index in [9.17, 15) is 19.5 Å². The number of amides is 1. The summed E-state index contributed by atoms with van der Waals surface area (Å²) in [4.78, 5) is 40.3. The van der Waals surface area contributed by atoms with Crippen molar-refractivity contribution in [2.45, 2.75) is 31.8 Å². The Morgan fingerprint density at radius 3 is 2.17 bits per heavy atom. The van der Waals surface area contributed by atoms with Crippen molar-refractivity contribution in [3.8, 4) is 5.75 Å². The predicted octanol–water partition coefficient (Wildman–Crippen LogP) is 7.13. The monoisotopic (exact) mass is 632 g/mol. The van der Waals surface area contributed by atoms with Crippen LogP contribution in [0, 0.1) is 0 Å². The van der Waals surface area contributed by atoms with E-state index in [0.29, 0.717) is 55.1 Å². The molecule has 1 amide bonds. The molecule has 0 aliphatic heterocycles. The fourth-order valence-corrected chi connectivity index (χ4v) is 5.79. The molecule has 1 heterocycles. The van der Waals surface area contributed by atoms with E-state index < -0.39 is 12.0 Å². The molecule has 5 aromatic rings. The molecule has 4 aromatic carbocycles. The smallest absolute Gasteiger partial charge is 0.326 e. The average molecular weight is 633 g/mol. The van der Waals surface area contributed by atoms with Gasteiger partial charge in [-0.3, -0.25) is 9.59 Å². The number of aliphatic carboxylic acids is 1. The Balaban J connectivity index is 1.15. The SMILES string of the molecule is O=C(c1ccccc1)c1ccccc1NC(Cc1ccc(OCCCN(Cc2ccccc2)C(=O)Cc2ccsc2)cc1)C(=O)O. The average Bonchev–Trinajstić information content (AvgIpc) is 3.60. The van der Waals surface area contributed by atoms with Crippen molar-refractivity contribution in [1.29, 1.82) is 0 Å². The number of rotatable bonds is 16. The van der Waals surface area contributed by atoms with Gasteiger partial charge >= 0.3 is 5.97 Å². The number of para-hydroxylation sites is 1. The van der Waals surface area contributed by atoms with E-state index in [1.165, 1.54) is 0 Å². The first-order valence-corrected chi connectivity index (χ1v) is 16.1. The highest BCUT2D eigenvalue weighted by molar-refractivity contribution is 7.08. The van der Waals surface area contributed by atoms with Crippen LogP contribution in [0.1, 0.15) is 39.0 Å². The largest absolute Gasteiger partial charge is 0.494 e. The lowest BCUT2D eigenvalue weighted by atomic mass is 10.00. The van der Waals surface area contributed by atoms with Crippen LogP contribution in [0.2, 0.25) is 0 Å². The maximum atomic E-state index is 13.1. The minimum Gasteiger partial charge on any atom is -0.494 e. The number of carboxylic acids is 1. The highest BCUT2D eigenvalue weighted by Gasteiger charge is 2.21. The number of anilines is 1. The standard InChI is InChI=1S/C38H36N2O5S/c41-36(25-30-20-23-46-27-30)40(26-29-10-3-1-4-11-29)21-9-22-45-32-18-16-28(17-19-32)24-35(38(43)44)39-34-15-8-7-14-33(34)37(42)31-12-5-2-6-13-31/h1-8,10-20,23,27,35,39H,9,21-22,24-26H2,(H,43,44). The van der Waals surface area contributed by atoms with E-state index in [-0.39, 0.29) is 18.1 Å². The Hall–Kier alpha value is -5.21. The normalized spacial score (nSPS) is 11.4. The summed E-state index contributed by atoms with van der Waals surface area (Å²) in [5.74, 6) is -0.443. The fraction of sp³-hybridized carbons (Fsp3) is 0.184. The molecular weight excluding hydrogens is 596 g/mol. The second-order valence-electron chi connectivity index (χ2n) is 10.9. The number of carbonyl (C=O) groups is 3. The van der Waals surface area contributed by atoms with E-state index >= 15 is 0 Å². The number of ketones is 1. The van der Waals surface area contributed by atoms with Crippen LogP contribution in [0.15, 0.2) is 126 Å². The summed E-state index contributed by atoms with van der Waals surface area (Å²) in [5.41, 5.74) is 4.34. The summed E-state index contributed by atoms with van der Waals surface area (Å²) in [7, 11) is 0. The Morgan fingerprint density at radius 1 is 0.783 bits per heavy atom. The summed E-state index contributed by atoms with van der Waals surface area (Å²) in [6, 6.07) is 34.2. The number of ether oxygens (including phenoxy) is 1. The second-order valence-corrected chi connectivity index (χ2v) is 11.7. The number of nitrogens with one attached hydrogen (secondary N) is 1.